The zero-order chi connectivity index (χ0) is 17.2. The van der Waals surface area contributed by atoms with Crippen molar-refractivity contribution < 1.29 is 4.74 Å². The fraction of sp³-hybridized carbons (Fsp3) is 0.400. The van der Waals surface area contributed by atoms with Crippen LogP contribution in [0.3, 0.4) is 0 Å². The summed E-state index contributed by atoms with van der Waals surface area (Å²) in [6.07, 6.45) is 4.15. The first-order chi connectivity index (χ1) is 12.2. The van der Waals surface area contributed by atoms with E-state index in [4.69, 9.17) is 9.72 Å². The zero-order valence-electron chi connectivity index (χ0n) is 14.8. The molecule has 1 aliphatic rings. The maximum atomic E-state index is 5.96. The highest BCUT2D eigenvalue weighted by Crippen LogP contribution is 2.27. The van der Waals surface area contributed by atoms with E-state index in [9.17, 15) is 0 Å². The van der Waals surface area contributed by atoms with E-state index < -0.39 is 0 Å². The number of rotatable bonds is 4. The first-order valence-corrected chi connectivity index (χ1v) is 8.93. The van der Waals surface area contributed by atoms with Gasteiger partial charge in [0.2, 0.25) is 5.88 Å². The van der Waals surface area contributed by atoms with Crippen molar-refractivity contribution in [3.8, 4) is 5.88 Å². The number of piperidine rings is 1. The molecule has 3 heterocycles. The van der Waals surface area contributed by atoms with Crippen molar-refractivity contribution in [3.63, 3.8) is 0 Å². The molecule has 0 spiro atoms. The molecule has 25 heavy (non-hydrogen) atoms. The number of fused-ring (bicyclic) bond motifs is 1. The Kier molecular flexibility index (Phi) is 4.40. The minimum atomic E-state index is 0.514. The van der Waals surface area contributed by atoms with E-state index in [2.05, 4.69) is 47.7 Å². The number of nitrogens with one attached hydrogen (secondary N) is 1. The summed E-state index contributed by atoms with van der Waals surface area (Å²) < 4.78 is 7.84. The summed E-state index contributed by atoms with van der Waals surface area (Å²) in [7, 11) is 1.96. The van der Waals surface area contributed by atoms with Gasteiger partial charge in [0.25, 0.3) is 0 Å². The van der Waals surface area contributed by atoms with Crippen LogP contribution in [0.5, 0.6) is 5.88 Å². The van der Waals surface area contributed by atoms with Gasteiger partial charge in [0, 0.05) is 36.2 Å². The van der Waals surface area contributed by atoms with Gasteiger partial charge in [-0.3, -0.25) is 4.68 Å². The van der Waals surface area contributed by atoms with E-state index in [1.807, 2.05) is 24.0 Å². The van der Waals surface area contributed by atoms with Crippen LogP contribution in [0.25, 0.3) is 10.9 Å². The fourth-order valence-corrected chi connectivity index (χ4v) is 3.58. The number of aryl methyl sites for hydroxylation is 1. The molecule has 0 aliphatic carbocycles. The van der Waals surface area contributed by atoms with E-state index >= 15 is 0 Å². The summed E-state index contributed by atoms with van der Waals surface area (Å²) in [4.78, 5) is 4.75. The Morgan fingerprint density at radius 1 is 1.28 bits per heavy atom. The van der Waals surface area contributed by atoms with E-state index in [1.54, 1.807) is 0 Å². The fourth-order valence-electron chi connectivity index (χ4n) is 3.58. The molecule has 2 atom stereocenters. The molecule has 5 heteroatoms. The molecule has 0 saturated carbocycles. The molecule has 0 amide bonds. The van der Waals surface area contributed by atoms with Crippen LogP contribution in [-0.4, -0.2) is 27.4 Å². The van der Waals surface area contributed by atoms with Gasteiger partial charge < -0.3 is 10.1 Å². The molecule has 130 valence electrons. The monoisotopic (exact) mass is 336 g/mol. The van der Waals surface area contributed by atoms with Crippen LogP contribution in [0.2, 0.25) is 0 Å². The standard InChI is InChI=1S/C20H24N4O/c1-14-10-16(8-9-21-14)18-4-3-5-20(23-18)25-13-15-6-7-17-12-22-24(2)19(17)11-15/h3-7,11-12,14,16,21H,8-10,13H2,1-2H3/t14-,16?/m0/s1. The maximum Gasteiger partial charge on any atom is 0.213 e. The van der Waals surface area contributed by atoms with Gasteiger partial charge in [-0.25, -0.2) is 4.98 Å². The number of nitrogens with zero attached hydrogens (tertiary/aromatic N) is 3. The summed E-state index contributed by atoms with van der Waals surface area (Å²) in [6.45, 7) is 3.81. The summed E-state index contributed by atoms with van der Waals surface area (Å²) in [5.74, 6) is 1.22. The average molecular weight is 336 g/mol. The van der Waals surface area contributed by atoms with Crippen molar-refractivity contribution in [2.75, 3.05) is 6.54 Å². The van der Waals surface area contributed by atoms with Gasteiger partial charge in [-0.15, -0.1) is 0 Å². The Morgan fingerprint density at radius 2 is 2.20 bits per heavy atom. The average Bonchev–Trinajstić information content (AvgIpc) is 3.01. The van der Waals surface area contributed by atoms with Gasteiger partial charge >= 0.3 is 0 Å². The molecule has 1 fully saturated rings. The SMILES string of the molecule is C[C@H]1CC(c2cccc(OCc3ccc4cnn(C)c4c3)n2)CCN1. The van der Waals surface area contributed by atoms with Crippen molar-refractivity contribution in [2.24, 2.45) is 7.05 Å². The topological polar surface area (TPSA) is 52.0 Å². The number of aromatic nitrogens is 3. The lowest BCUT2D eigenvalue weighted by Gasteiger charge is -2.27. The third kappa shape index (κ3) is 3.51. The molecule has 4 rings (SSSR count). The van der Waals surface area contributed by atoms with E-state index in [-0.39, 0.29) is 0 Å². The van der Waals surface area contributed by atoms with Crippen LogP contribution in [0.1, 0.15) is 36.9 Å². The quantitative estimate of drug-likeness (QED) is 0.793. The van der Waals surface area contributed by atoms with Gasteiger partial charge in [-0.05, 0) is 44.0 Å². The summed E-state index contributed by atoms with van der Waals surface area (Å²) >= 11 is 0. The Labute approximate surface area is 148 Å². The Bertz CT molecular complexity index is 873. The van der Waals surface area contributed by atoms with Crippen LogP contribution in [0.4, 0.5) is 0 Å². The second-order valence-corrected chi connectivity index (χ2v) is 6.93. The van der Waals surface area contributed by atoms with Crippen LogP contribution in [0, 0.1) is 0 Å². The normalized spacial score (nSPS) is 20.7. The van der Waals surface area contributed by atoms with Crippen LogP contribution < -0.4 is 10.1 Å². The minimum absolute atomic E-state index is 0.514. The Balaban J connectivity index is 1.46. The molecule has 1 saturated heterocycles. The molecular weight excluding hydrogens is 312 g/mol. The highest BCUT2D eigenvalue weighted by molar-refractivity contribution is 5.79. The Morgan fingerprint density at radius 3 is 3.08 bits per heavy atom. The van der Waals surface area contributed by atoms with Crippen LogP contribution in [0.15, 0.2) is 42.6 Å². The molecule has 3 aromatic rings. The van der Waals surface area contributed by atoms with Crippen LogP contribution in [-0.2, 0) is 13.7 Å². The molecular formula is C20H24N4O. The molecule has 0 radical (unpaired) electrons. The van der Waals surface area contributed by atoms with Crippen molar-refractivity contribution in [2.45, 2.75) is 38.3 Å². The molecule has 5 nitrogen and oxygen atoms in total. The van der Waals surface area contributed by atoms with E-state index in [0.29, 0.717) is 24.4 Å². The second-order valence-electron chi connectivity index (χ2n) is 6.93. The molecule has 1 aromatic carbocycles. The first kappa shape index (κ1) is 16.1. The number of pyridine rings is 1. The highest BCUT2D eigenvalue weighted by Gasteiger charge is 2.21. The zero-order valence-corrected chi connectivity index (χ0v) is 14.8. The third-order valence-corrected chi connectivity index (χ3v) is 4.99. The number of hydrogen-bond donors (Lipinski definition) is 1. The lowest BCUT2D eigenvalue weighted by molar-refractivity contribution is 0.290. The smallest absolute Gasteiger partial charge is 0.213 e. The van der Waals surface area contributed by atoms with Gasteiger partial charge in [0.05, 0.1) is 11.7 Å². The molecule has 1 aliphatic heterocycles. The molecule has 2 aromatic heterocycles. The maximum absolute atomic E-state index is 5.96. The van der Waals surface area contributed by atoms with Crippen molar-refractivity contribution in [1.82, 2.24) is 20.1 Å². The largest absolute Gasteiger partial charge is 0.473 e. The molecule has 1 unspecified atom stereocenters. The number of benzene rings is 1. The summed E-state index contributed by atoms with van der Waals surface area (Å²) in [6, 6.07) is 13.0. The second kappa shape index (κ2) is 6.84. The number of ether oxygens (including phenoxy) is 1. The number of hydrogen-bond acceptors (Lipinski definition) is 4. The van der Waals surface area contributed by atoms with Gasteiger partial charge in [-0.1, -0.05) is 18.2 Å². The van der Waals surface area contributed by atoms with E-state index in [0.717, 1.165) is 41.5 Å². The minimum Gasteiger partial charge on any atom is -0.473 e. The predicted octanol–water partition coefficient (Wildman–Crippen LogP) is 3.40. The molecule has 0 bridgehead atoms. The van der Waals surface area contributed by atoms with Crippen LogP contribution >= 0.6 is 0 Å². The summed E-state index contributed by atoms with van der Waals surface area (Å²) in [5, 5.41) is 8.92. The van der Waals surface area contributed by atoms with Crippen molar-refractivity contribution in [1.29, 1.82) is 0 Å². The first-order valence-electron chi connectivity index (χ1n) is 8.93. The van der Waals surface area contributed by atoms with Crippen molar-refractivity contribution in [3.05, 3.63) is 53.9 Å². The lowest BCUT2D eigenvalue weighted by Crippen LogP contribution is -2.35. The highest BCUT2D eigenvalue weighted by atomic mass is 16.5. The Hall–Kier alpha value is -2.40. The summed E-state index contributed by atoms with van der Waals surface area (Å²) in [5.41, 5.74) is 3.39. The van der Waals surface area contributed by atoms with Gasteiger partial charge in [0.1, 0.15) is 6.61 Å². The van der Waals surface area contributed by atoms with Gasteiger partial charge in [0.15, 0.2) is 0 Å². The van der Waals surface area contributed by atoms with Crippen molar-refractivity contribution >= 4 is 10.9 Å². The molecule has 1 N–H and O–H groups in total. The van der Waals surface area contributed by atoms with Gasteiger partial charge in [-0.2, -0.15) is 5.10 Å². The van der Waals surface area contributed by atoms with E-state index in [1.165, 1.54) is 0 Å². The third-order valence-electron chi connectivity index (χ3n) is 4.99. The predicted molar refractivity (Wildman–Crippen MR) is 98.7 cm³/mol. The lowest BCUT2D eigenvalue weighted by atomic mass is 9.90.